The number of benzene rings is 1. The van der Waals surface area contributed by atoms with Gasteiger partial charge in [0.15, 0.2) is 0 Å². The van der Waals surface area contributed by atoms with E-state index in [2.05, 4.69) is 22.3 Å². The van der Waals surface area contributed by atoms with Crippen molar-refractivity contribution in [1.82, 2.24) is 10.2 Å². The van der Waals surface area contributed by atoms with Gasteiger partial charge in [0, 0.05) is 41.5 Å². The zero-order valence-electron chi connectivity index (χ0n) is 13.9. The van der Waals surface area contributed by atoms with Gasteiger partial charge < -0.3 is 5.32 Å². The molecule has 0 amide bonds. The van der Waals surface area contributed by atoms with E-state index >= 15 is 0 Å². The number of hydrogen-bond donors (Lipinski definition) is 1. The summed E-state index contributed by atoms with van der Waals surface area (Å²) < 4.78 is 0. The van der Waals surface area contributed by atoms with E-state index in [9.17, 15) is 10.1 Å². The van der Waals surface area contributed by atoms with Crippen molar-refractivity contribution in [2.24, 2.45) is 5.41 Å². The zero-order chi connectivity index (χ0) is 16.6. The molecular weight excluding hydrogens is 358 g/mol. The molecule has 4 rings (SSSR count). The summed E-state index contributed by atoms with van der Waals surface area (Å²) in [6.45, 7) is 5.73. The Hall–Kier alpha value is -1.47. The first-order valence-electron chi connectivity index (χ1n) is 8.40. The van der Waals surface area contributed by atoms with Crippen LogP contribution in [-0.2, 0) is 6.54 Å². The standard InChI is InChI=1S/C18H21N3O2S.ClH/c22-21(23)15-3-1-14(2-4-15)17-6-5-16(24-17)11-20-10-8-18(13-20)7-9-19-12-18;/h1-6,19H,7-13H2;1H. The smallest absolute Gasteiger partial charge is 0.269 e. The summed E-state index contributed by atoms with van der Waals surface area (Å²) in [6.07, 6.45) is 2.61. The Labute approximate surface area is 157 Å². The lowest BCUT2D eigenvalue weighted by Crippen LogP contribution is -2.28. The second kappa shape index (κ2) is 7.41. The predicted molar refractivity (Wildman–Crippen MR) is 103 cm³/mol. The number of nitrogens with zero attached hydrogens (tertiary/aromatic N) is 2. The first-order valence-corrected chi connectivity index (χ1v) is 9.22. The van der Waals surface area contributed by atoms with Crippen molar-refractivity contribution in [3.05, 3.63) is 51.4 Å². The van der Waals surface area contributed by atoms with Crippen LogP contribution in [-0.4, -0.2) is 36.0 Å². The predicted octanol–water partition coefficient (Wildman–Crippen LogP) is 3.93. The van der Waals surface area contributed by atoms with Crippen LogP contribution in [0.2, 0.25) is 0 Å². The van der Waals surface area contributed by atoms with Gasteiger partial charge in [-0.05, 0) is 61.2 Å². The summed E-state index contributed by atoms with van der Waals surface area (Å²) in [6, 6.07) is 11.1. The van der Waals surface area contributed by atoms with Gasteiger partial charge in [-0.25, -0.2) is 0 Å². The van der Waals surface area contributed by atoms with E-state index in [0.29, 0.717) is 5.41 Å². The number of thiophene rings is 1. The molecule has 7 heteroatoms. The zero-order valence-corrected chi connectivity index (χ0v) is 15.6. The summed E-state index contributed by atoms with van der Waals surface area (Å²) >= 11 is 1.79. The van der Waals surface area contributed by atoms with Crippen LogP contribution in [0, 0.1) is 15.5 Å². The largest absolute Gasteiger partial charge is 0.316 e. The fourth-order valence-electron chi connectivity index (χ4n) is 3.89. The van der Waals surface area contributed by atoms with Gasteiger partial charge >= 0.3 is 0 Å². The highest BCUT2D eigenvalue weighted by molar-refractivity contribution is 7.15. The molecule has 2 aliphatic rings. The number of nitro groups is 1. The van der Waals surface area contributed by atoms with Gasteiger partial charge in [0.05, 0.1) is 4.92 Å². The molecule has 1 N–H and O–H groups in total. The molecule has 0 aliphatic carbocycles. The molecule has 1 aromatic carbocycles. The number of halogens is 1. The highest BCUT2D eigenvalue weighted by atomic mass is 35.5. The minimum atomic E-state index is -0.356. The summed E-state index contributed by atoms with van der Waals surface area (Å²) in [4.78, 5) is 15.5. The lowest BCUT2D eigenvalue weighted by atomic mass is 9.87. The molecule has 0 saturated carbocycles. The van der Waals surface area contributed by atoms with E-state index in [1.54, 1.807) is 23.5 Å². The van der Waals surface area contributed by atoms with Crippen molar-refractivity contribution in [2.45, 2.75) is 19.4 Å². The summed E-state index contributed by atoms with van der Waals surface area (Å²) in [5, 5.41) is 14.3. The van der Waals surface area contributed by atoms with Crippen molar-refractivity contribution in [2.75, 3.05) is 26.2 Å². The van der Waals surface area contributed by atoms with Crippen molar-refractivity contribution in [1.29, 1.82) is 0 Å². The van der Waals surface area contributed by atoms with Crippen LogP contribution in [0.3, 0.4) is 0 Å². The SMILES string of the molecule is Cl.O=[N+]([O-])c1ccc(-c2ccc(CN3CCC4(CCNC4)C3)s2)cc1. The third kappa shape index (κ3) is 3.87. The Morgan fingerprint density at radius 2 is 2.00 bits per heavy atom. The molecule has 2 aliphatic heterocycles. The van der Waals surface area contributed by atoms with E-state index in [4.69, 9.17) is 0 Å². The Balaban J connectivity index is 0.00000182. The Morgan fingerprint density at radius 3 is 2.68 bits per heavy atom. The molecule has 25 heavy (non-hydrogen) atoms. The minimum Gasteiger partial charge on any atom is -0.316 e. The second-order valence-corrected chi connectivity index (χ2v) is 8.13. The third-order valence-corrected chi connectivity index (χ3v) is 6.37. The Bertz CT molecular complexity index is 741. The van der Waals surface area contributed by atoms with Crippen LogP contribution in [0.1, 0.15) is 17.7 Å². The molecule has 1 aromatic heterocycles. The molecule has 5 nitrogen and oxygen atoms in total. The second-order valence-electron chi connectivity index (χ2n) is 6.96. The topological polar surface area (TPSA) is 58.4 Å². The molecule has 2 aromatic rings. The minimum absolute atomic E-state index is 0. The number of rotatable bonds is 4. The van der Waals surface area contributed by atoms with Gasteiger partial charge in [0.2, 0.25) is 0 Å². The van der Waals surface area contributed by atoms with E-state index in [1.807, 2.05) is 12.1 Å². The lowest BCUT2D eigenvalue weighted by molar-refractivity contribution is -0.384. The molecule has 0 radical (unpaired) electrons. The summed E-state index contributed by atoms with van der Waals surface area (Å²) in [5.41, 5.74) is 1.70. The van der Waals surface area contributed by atoms with Gasteiger partial charge in [-0.1, -0.05) is 0 Å². The first kappa shape index (κ1) is 18.3. The molecule has 1 atom stereocenters. The monoisotopic (exact) mass is 379 g/mol. The van der Waals surface area contributed by atoms with E-state index in [0.717, 1.165) is 18.7 Å². The van der Waals surface area contributed by atoms with Crippen molar-refractivity contribution in [3.8, 4) is 10.4 Å². The molecule has 134 valence electrons. The van der Waals surface area contributed by atoms with Crippen LogP contribution >= 0.6 is 23.7 Å². The molecular formula is C18H22ClN3O2S. The Kier molecular flexibility index (Phi) is 5.43. The maximum Gasteiger partial charge on any atom is 0.269 e. The van der Waals surface area contributed by atoms with Gasteiger partial charge in [-0.2, -0.15) is 0 Å². The van der Waals surface area contributed by atoms with E-state index in [-0.39, 0.29) is 23.0 Å². The highest BCUT2D eigenvalue weighted by Crippen LogP contribution is 2.37. The third-order valence-electron chi connectivity index (χ3n) is 5.25. The fraction of sp³-hybridized carbons (Fsp3) is 0.444. The van der Waals surface area contributed by atoms with Crippen molar-refractivity contribution >= 4 is 29.4 Å². The van der Waals surface area contributed by atoms with Gasteiger partial charge in [-0.15, -0.1) is 23.7 Å². The molecule has 3 heterocycles. The van der Waals surface area contributed by atoms with Crippen LogP contribution in [0.4, 0.5) is 5.69 Å². The quantitative estimate of drug-likeness (QED) is 0.645. The molecule has 1 spiro atoms. The van der Waals surface area contributed by atoms with Crippen LogP contribution in [0.15, 0.2) is 36.4 Å². The van der Waals surface area contributed by atoms with Crippen LogP contribution < -0.4 is 5.32 Å². The number of hydrogen-bond acceptors (Lipinski definition) is 5. The molecule has 2 saturated heterocycles. The fourth-order valence-corrected chi connectivity index (χ4v) is 4.95. The van der Waals surface area contributed by atoms with Crippen molar-refractivity contribution in [3.63, 3.8) is 0 Å². The normalized spacial score (nSPS) is 23.0. The average molecular weight is 380 g/mol. The number of non-ortho nitro benzene ring substituents is 1. The van der Waals surface area contributed by atoms with Crippen molar-refractivity contribution < 1.29 is 4.92 Å². The summed E-state index contributed by atoms with van der Waals surface area (Å²) in [7, 11) is 0. The summed E-state index contributed by atoms with van der Waals surface area (Å²) in [5.74, 6) is 0. The van der Waals surface area contributed by atoms with E-state index < -0.39 is 0 Å². The number of nitro benzene ring substituents is 1. The molecule has 0 bridgehead atoms. The van der Waals surface area contributed by atoms with Crippen LogP contribution in [0.5, 0.6) is 0 Å². The maximum atomic E-state index is 10.8. The molecule has 2 fully saturated rings. The molecule has 1 unspecified atom stereocenters. The number of likely N-dealkylation sites (tertiary alicyclic amines) is 1. The highest BCUT2D eigenvalue weighted by Gasteiger charge is 2.40. The maximum absolute atomic E-state index is 10.8. The van der Waals surface area contributed by atoms with Gasteiger partial charge in [0.25, 0.3) is 5.69 Å². The Morgan fingerprint density at radius 1 is 1.20 bits per heavy atom. The average Bonchev–Trinajstić information content (AvgIpc) is 3.31. The lowest BCUT2D eigenvalue weighted by Gasteiger charge is -2.22. The van der Waals surface area contributed by atoms with Crippen LogP contribution in [0.25, 0.3) is 10.4 Å². The van der Waals surface area contributed by atoms with E-state index in [1.165, 1.54) is 42.2 Å². The first-order chi connectivity index (χ1) is 11.6. The van der Waals surface area contributed by atoms with Gasteiger partial charge in [-0.3, -0.25) is 15.0 Å². The number of nitrogens with one attached hydrogen (secondary N) is 1. The van der Waals surface area contributed by atoms with Gasteiger partial charge in [0.1, 0.15) is 0 Å².